The molecule has 1 saturated heterocycles. The van der Waals surface area contributed by atoms with Crippen LogP contribution in [0.25, 0.3) is 10.9 Å². The fourth-order valence-electron chi connectivity index (χ4n) is 5.61. The second-order valence-electron chi connectivity index (χ2n) is 9.59. The summed E-state index contributed by atoms with van der Waals surface area (Å²) in [6, 6.07) is 23.1. The molecule has 0 saturated carbocycles. The number of carbonyl (C=O) groups is 3. The average Bonchev–Trinajstić information content (AvgIpc) is 3.42. The molecular weight excluding hydrogens is 464 g/mol. The van der Waals surface area contributed by atoms with Crippen LogP contribution < -0.4 is 10.2 Å². The fraction of sp³-hybridized carbons (Fsp3) is 0.233. The second kappa shape index (κ2) is 9.24. The lowest BCUT2D eigenvalue weighted by Gasteiger charge is -2.36. The lowest BCUT2D eigenvalue weighted by molar-refractivity contribution is -0.120. The van der Waals surface area contributed by atoms with Gasteiger partial charge in [0.15, 0.2) is 0 Å². The number of H-pyrrole nitrogens is 1. The summed E-state index contributed by atoms with van der Waals surface area (Å²) in [5.74, 6) is -0.596. The molecule has 37 heavy (non-hydrogen) atoms. The van der Waals surface area contributed by atoms with Crippen molar-refractivity contribution in [2.24, 2.45) is 0 Å². The van der Waals surface area contributed by atoms with Gasteiger partial charge in [0.1, 0.15) is 12.1 Å². The molecule has 3 heterocycles. The van der Waals surface area contributed by atoms with Gasteiger partial charge in [-0.15, -0.1) is 0 Å². The van der Waals surface area contributed by atoms with Gasteiger partial charge in [0, 0.05) is 29.6 Å². The highest BCUT2D eigenvalue weighted by Gasteiger charge is 2.53. The summed E-state index contributed by atoms with van der Waals surface area (Å²) in [5.41, 5.74) is 4.53. The number of anilines is 1. The first kappa shape index (κ1) is 23.0. The zero-order valence-electron chi connectivity index (χ0n) is 20.6. The van der Waals surface area contributed by atoms with E-state index in [4.69, 9.17) is 0 Å². The van der Waals surface area contributed by atoms with Crippen LogP contribution in [0, 0.1) is 0 Å². The maximum Gasteiger partial charge on any atom is 0.332 e. The number of urea groups is 1. The fourth-order valence-corrected chi connectivity index (χ4v) is 5.61. The van der Waals surface area contributed by atoms with E-state index >= 15 is 0 Å². The van der Waals surface area contributed by atoms with E-state index in [1.807, 2.05) is 48.5 Å². The molecule has 0 bridgehead atoms. The summed E-state index contributed by atoms with van der Waals surface area (Å²) in [6.07, 6.45) is 2.22. The van der Waals surface area contributed by atoms with Crippen molar-refractivity contribution < 1.29 is 14.4 Å². The number of nitrogens with one attached hydrogen (secondary N) is 2. The number of benzene rings is 3. The molecule has 0 radical (unpaired) electrons. The summed E-state index contributed by atoms with van der Waals surface area (Å²) in [5, 5.41) is 3.98. The molecule has 1 aromatic heterocycles. The average molecular weight is 493 g/mol. The van der Waals surface area contributed by atoms with Crippen LogP contribution in [0.3, 0.4) is 0 Å². The summed E-state index contributed by atoms with van der Waals surface area (Å²) in [6.45, 7) is 2.60. The number of fused-ring (bicyclic) bond motifs is 4. The van der Waals surface area contributed by atoms with Crippen molar-refractivity contribution in [2.45, 2.75) is 38.3 Å². The number of hydrogen-bond acceptors (Lipinski definition) is 3. The van der Waals surface area contributed by atoms with E-state index in [-0.39, 0.29) is 11.8 Å². The Morgan fingerprint density at radius 3 is 2.51 bits per heavy atom. The predicted molar refractivity (Wildman–Crippen MR) is 142 cm³/mol. The summed E-state index contributed by atoms with van der Waals surface area (Å²) in [4.78, 5) is 47.5. The maximum atomic E-state index is 14.1. The van der Waals surface area contributed by atoms with E-state index in [2.05, 4.69) is 23.3 Å². The Hall–Kier alpha value is -4.39. The van der Waals surface area contributed by atoms with E-state index in [1.165, 1.54) is 4.90 Å². The van der Waals surface area contributed by atoms with Crippen molar-refractivity contribution in [1.29, 1.82) is 0 Å². The molecule has 0 aliphatic carbocycles. The lowest BCUT2D eigenvalue weighted by Crippen LogP contribution is -2.44. The van der Waals surface area contributed by atoms with Crippen molar-refractivity contribution >= 4 is 34.4 Å². The quantitative estimate of drug-likeness (QED) is 0.287. The maximum absolute atomic E-state index is 14.1. The van der Waals surface area contributed by atoms with E-state index in [0.29, 0.717) is 24.2 Å². The van der Waals surface area contributed by atoms with Gasteiger partial charge in [-0.2, -0.15) is 0 Å². The van der Waals surface area contributed by atoms with Crippen LogP contribution in [0.15, 0.2) is 78.9 Å². The second-order valence-corrected chi connectivity index (χ2v) is 9.59. The molecule has 2 N–H and O–H groups in total. The standard InChI is InChI=1S/C30H28N4O3/c1-2-3-17-31-28(35)21-14-8-10-16-24(21)34-29(36)25-18-22-20-13-7-9-15-23(20)32-26(22)27(33(25)30(34)37)19-11-5-4-6-12-19/h4-16,25,27,32H,2-3,17-18H2,1H3,(H,31,35)/t25-,27?/m0/s1. The topological polar surface area (TPSA) is 85.5 Å². The van der Waals surface area contributed by atoms with E-state index in [0.717, 1.165) is 40.6 Å². The summed E-state index contributed by atoms with van der Waals surface area (Å²) in [7, 11) is 0. The van der Waals surface area contributed by atoms with Crippen molar-refractivity contribution in [3.8, 4) is 0 Å². The van der Waals surface area contributed by atoms with Gasteiger partial charge in [-0.3, -0.25) is 14.5 Å². The minimum absolute atomic E-state index is 0.287. The zero-order chi connectivity index (χ0) is 25.5. The third kappa shape index (κ3) is 3.69. The Balaban J connectivity index is 1.45. The lowest BCUT2D eigenvalue weighted by atomic mass is 9.89. The first-order valence-corrected chi connectivity index (χ1v) is 12.8. The molecular formula is C30H28N4O3. The number of amides is 4. The minimum Gasteiger partial charge on any atom is -0.356 e. The number of para-hydroxylation sites is 2. The molecule has 4 aromatic rings. The molecule has 6 rings (SSSR count). The van der Waals surface area contributed by atoms with Gasteiger partial charge in [-0.25, -0.2) is 9.69 Å². The van der Waals surface area contributed by atoms with E-state index in [9.17, 15) is 14.4 Å². The van der Waals surface area contributed by atoms with Crippen molar-refractivity contribution in [3.63, 3.8) is 0 Å². The van der Waals surface area contributed by atoms with E-state index in [1.54, 1.807) is 29.2 Å². The Kier molecular flexibility index (Phi) is 5.75. The molecule has 7 nitrogen and oxygen atoms in total. The van der Waals surface area contributed by atoms with Crippen LogP contribution in [0.2, 0.25) is 0 Å². The van der Waals surface area contributed by atoms with Crippen molar-refractivity contribution in [1.82, 2.24) is 15.2 Å². The Morgan fingerprint density at radius 2 is 1.70 bits per heavy atom. The smallest absolute Gasteiger partial charge is 0.332 e. The van der Waals surface area contributed by atoms with Crippen LogP contribution >= 0.6 is 0 Å². The van der Waals surface area contributed by atoms with Crippen LogP contribution in [0.1, 0.15) is 53.0 Å². The largest absolute Gasteiger partial charge is 0.356 e. The first-order valence-electron chi connectivity index (χ1n) is 12.8. The van der Waals surface area contributed by atoms with Crippen molar-refractivity contribution in [3.05, 3.63) is 101 Å². The van der Waals surface area contributed by atoms with Gasteiger partial charge >= 0.3 is 6.03 Å². The van der Waals surface area contributed by atoms with Gasteiger partial charge in [-0.05, 0) is 35.7 Å². The highest BCUT2D eigenvalue weighted by atomic mass is 16.2. The van der Waals surface area contributed by atoms with Crippen LogP contribution in [0.5, 0.6) is 0 Å². The molecule has 1 unspecified atom stereocenters. The van der Waals surface area contributed by atoms with Crippen LogP contribution in [-0.4, -0.2) is 40.3 Å². The normalized spacial score (nSPS) is 18.7. The molecule has 2 aliphatic rings. The van der Waals surface area contributed by atoms with Crippen LogP contribution in [0.4, 0.5) is 10.5 Å². The molecule has 1 fully saturated rings. The Labute approximate surface area is 215 Å². The Morgan fingerprint density at radius 1 is 0.973 bits per heavy atom. The molecule has 2 atom stereocenters. The SMILES string of the molecule is CCCCNC(=O)c1ccccc1N1C(=O)[C@@H]2Cc3c([nH]c4ccccc34)C(c3ccccc3)N2C1=O. The number of aromatic nitrogens is 1. The first-order chi connectivity index (χ1) is 18.1. The van der Waals surface area contributed by atoms with Gasteiger partial charge in [-0.1, -0.05) is 74.0 Å². The minimum atomic E-state index is -0.666. The van der Waals surface area contributed by atoms with Crippen molar-refractivity contribution in [2.75, 3.05) is 11.4 Å². The molecule has 7 heteroatoms. The zero-order valence-corrected chi connectivity index (χ0v) is 20.6. The number of rotatable bonds is 6. The highest BCUT2D eigenvalue weighted by molar-refractivity contribution is 6.24. The molecule has 3 aromatic carbocycles. The summed E-state index contributed by atoms with van der Waals surface area (Å²) >= 11 is 0. The highest BCUT2D eigenvalue weighted by Crippen LogP contribution is 2.45. The third-order valence-electron chi connectivity index (χ3n) is 7.37. The number of hydrogen-bond donors (Lipinski definition) is 2. The molecule has 2 aliphatic heterocycles. The monoisotopic (exact) mass is 492 g/mol. The van der Waals surface area contributed by atoms with E-state index < -0.39 is 18.1 Å². The Bertz CT molecular complexity index is 1510. The molecule has 0 spiro atoms. The number of unbranched alkanes of at least 4 members (excludes halogenated alkanes) is 1. The van der Waals surface area contributed by atoms with Gasteiger partial charge < -0.3 is 10.3 Å². The number of nitrogens with zero attached hydrogens (tertiary/aromatic N) is 2. The van der Waals surface area contributed by atoms with Crippen LogP contribution in [-0.2, 0) is 11.2 Å². The van der Waals surface area contributed by atoms with Gasteiger partial charge in [0.05, 0.1) is 11.3 Å². The van der Waals surface area contributed by atoms with Gasteiger partial charge in [0.2, 0.25) is 0 Å². The number of aromatic amines is 1. The summed E-state index contributed by atoms with van der Waals surface area (Å²) < 4.78 is 0. The molecule has 186 valence electrons. The predicted octanol–water partition coefficient (Wildman–Crippen LogP) is 5.18. The number of carbonyl (C=O) groups excluding carboxylic acids is 3. The number of imide groups is 1. The van der Waals surface area contributed by atoms with Gasteiger partial charge in [0.25, 0.3) is 11.8 Å². The third-order valence-corrected chi connectivity index (χ3v) is 7.37. The molecule has 4 amide bonds.